The number of rotatable bonds is 0. The van der Waals surface area contributed by atoms with Gasteiger partial charge in [0.1, 0.15) is 12.2 Å². The fourth-order valence-corrected chi connectivity index (χ4v) is 4.49. The van der Waals surface area contributed by atoms with Gasteiger partial charge in [-0.05, 0) is 12.8 Å². The summed E-state index contributed by atoms with van der Waals surface area (Å²) in [4.78, 5) is 23.4. The molecule has 0 aliphatic carbocycles. The first-order chi connectivity index (χ1) is 9.04. The SMILES string of the molecule is CN1C(N)=N[C@]23CCCN2C(=O)C2CC(Br)=CN2[C@@H]13. The van der Waals surface area contributed by atoms with Crippen molar-refractivity contribution in [2.75, 3.05) is 13.6 Å². The van der Waals surface area contributed by atoms with Gasteiger partial charge in [-0.2, -0.15) is 0 Å². The van der Waals surface area contributed by atoms with Crippen molar-refractivity contribution in [2.24, 2.45) is 10.7 Å². The number of nitrogens with zero attached hydrogens (tertiary/aromatic N) is 4. The van der Waals surface area contributed by atoms with Crippen molar-refractivity contribution >= 4 is 27.8 Å². The predicted octanol–water partition coefficient (Wildman–Crippen LogP) is 0.216. The molecule has 0 aromatic carbocycles. The third-order valence-electron chi connectivity index (χ3n) is 4.71. The van der Waals surface area contributed by atoms with E-state index in [1.807, 2.05) is 23.0 Å². The van der Waals surface area contributed by atoms with Crippen LogP contribution in [0.25, 0.3) is 0 Å². The molecule has 19 heavy (non-hydrogen) atoms. The maximum atomic E-state index is 12.7. The first-order valence-corrected chi connectivity index (χ1v) is 7.37. The van der Waals surface area contributed by atoms with Crippen LogP contribution in [0.2, 0.25) is 0 Å². The zero-order chi connectivity index (χ0) is 13.4. The Hall–Kier alpha value is -1.24. The number of piperazine rings is 1. The molecule has 1 spiro atoms. The topological polar surface area (TPSA) is 65.2 Å². The van der Waals surface area contributed by atoms with Gasteiger partial charge in [-0.15, -0.1) is 0 Å². The first-order valence-electron chi connectivity index (χ1n) is 6.58. The van der Waals surface area contributed by atoms with Crippen LogP contribution in [0.15, 0.2) is 15.7 Å². The van der Waals surface area contributed by atoms with E-state index in [-0.39, 0.29) is 18.1 Å². The molecule has 0 saturated carbocycles. The highest BCUT2D eigenvalue weighted by atomic mass is 79.9. The Morgan fingerprint density at radius 1 is 1.58 bits per heavy atom. The van der Waals surface area contributed by atoms with Gasteiger partial charge in [0, 0.05) is 30.7 Å². The largest absolute Gasteiger partial charge is 0.370 e. The van der Waals surface area contributed by atoms with Gasteiger partial charge in [0.05, 0.1) is 0 Å². The summed E-state index contributed by atoms with van der Waals surface area (Å²) in [6, 6.07) is -0.103. The van der Waals surface area contributed by atoms with Crippen molar-refractivity contribution in [3.63, 3.8) is 0 Å². The zero-order valence-electron chi connectivity index (χ0n) is 10.7. The Balaban J connectivity index is 1.87. The Morgan fingerprint density at radius 2 is 2.37 bits per heavy atom. The Bertz CT molecular complexity index is 532. The number of hydrogen-bond donors (Lipinski definition) is 1. The summed E-state index contributed by atoms with van der Waals surface area (Å²) in [6.07, 6.45) is 4.71. The average molecular weight is 326 g/mol. The third kappa shape index (κ3) is 1.22. The molecule has 4 aliphatic rings. The maximum Gasteiger partial charge on any atom is 0.247 e. The molecule has 2 N–H and O–H groups in total. The quantitative estimate of drug-likeness (QED) is 0.691. The second-order valence-electron chi connectivity index (χ2n) is 5.67. The highest BCUT2D eigenvalue weighted by molar-refractivity contribution is 9.11. The molecule has 1 amide bonds. The minimum absolute atomic E-state index is 0.0350. The van der Waals surface area contributed by atoms with E-state index in [0.29, 0.717) is 5.96 Å². The Morgan fingerprint density at radius 3 is 3.16 bits per heavy atom. The molecule has 0 radical (unpaired) electrons. The molecule has 0 aromatic rings. The number of carbonyl (C=O) groups excluding carboxylic acids is 1. The van der Waals surface area contributed by atoms with Crippen LogP contribution in [0, 0.1) is 0 Å². The number of carbonyl (C=O) groups is 1. The molecule has 102 valence electrons. The van der Waals surface area contributed by atoms with E-state index in [2.05, 4.69) is 25.8 Å². The molecule has 4 rings (SSSR count). The molecule has 4 heterocycles. The summed E-state index contributed by atoms with van der Waals surface area (Å²) in [7, 11) is 1.96. The van der Waals surface area contributed by atoms with Gasteiger partial charge in [0.25, 0.3) is 0 Å². The number of halogens is 1. The number of fused-ring (bicyclic) bond motifs is 2. The van der Waals surface area contributed by atoms with Crippen LogP contribution in [0.3, 0.4) is 0 Å². The van der Waals surface area contributed by atoms with Crippen LogP contribution >= 0.6 is 15.9 Å². The van der Waals surface area contributed by atoms with Crippen LogP contribution < -0.4 is 5.73 Å². The fourth-order valence-electron chi connectivity index (χ4n) is 3.95. The number of hydrogen-bond acceptors (Lipinski definition) is 5. The normalized spacial score (nSPS) is 40.1. The number of likely N-dealkylation sites (N-methyl/N-ethyl adjacent to an activating group) is 1. The minimum Gasteiger partial charge on any atom is -0.370 e. The fraction of sp³-hybridized carbons (Fsp3) is 0.667. The first kappa shape index (κ1) is 11.6. The number of guanidine groups is 1. The van der Waals surface area contributed by atoms with E-state index < -0.39 is 5.66 Å². The summed E-state index contributed by atoms with van der Waals surface area (Å²) >= 11 is 3.53. The van der Waals surface area contributed by atoms with Gasteiger partial charge < -0.3 is 20.4 Å². The lowest BCUT2D eigenvalue weighted by atomic mass is 9.97. The zero-order valence-corrected chi connectivity index (χ0v) is 12.3. The molecular formula is C12H16BrN5O. The highest BCUT2D eigenvalue weighted by Gasteiger charge is 2.63. The lowest BCUT2D eigenvalue weighted by Crippen LogP contribution is -2.70. The van der Waals surface area contributed by atoms with E-state index in [1.165, 1.54) is 0 Å². The van der Waals surface area contributed by atoms with Gasteiger partial charge in [-0.3, -0.25) is 4.79 Å². The number of amides is 1. The molecule has 1 unspecified atom stereocenters. The smallest absolute Gasteiger partial charge is 0.247 e. The van der Waals surface area contributed by atoms with E-state index in [9.17, 15) is 4.79 Å². The van der Waals surface area contributed by atoms with Gasteiger partial charge >= 0.3 is 0 Å². The van der Waals surface area contributed by atoms with Crippen LogP contribution in [-0.2, 0) is 4.79 Å². The lowest BCUT2D eigenvalue weighted by molar-refractivity contribution is -0.155. The van der Waals surface area contributed by atoms with Crippen molar-refractivity contribution in [2.45, 2.75) is 37.1 Å². The van der Waals surface area contributed by atoms with Crippen molar-refractivity contribution in [3.8, 4) is 0 Å². The molecule has 6 nitrogen and oxygen atoms in total. The van der Waals surface area contributed by atoms with E-state index >= 15 is 0 Å². The summed E-state index contributed by atoms with van der Waals surface area (Å²) in [5, 5.41) is 0. The lowest BCUT2D eigenvalue weighted by Gasteiger charge is -2.51. The van der Waals surface area contributed by atoms with Gasteiger partial charge in [-0.25, -0.2) is 4.99 Å². The van der Waals surface area contributed by atoms with E-state index in [1.54, 1.807) is 0 Å². The molecule has 4 aliphatic heterocycles. The minimum atomic E-state index is -0.472. The van der Waals surface area contributed by atoms with E-state index in [4.69, 9.17) is 5.73 Å². The van der Waals surface area contributed by atoms with Crippen molar-refractivity contribution < 1.29 is 4.79 Å². The van der Waals surface area contributed by atoms with Gasteiger partial charge in [0.2, 0.25) is 5.91 Å². The van der Waals surface area contributed by atoms with Crippen LogP contribution in [-0.4, -0.2) is 58.0 Å². The standard InChI is InChI=1S/C12H16BrN5O/c1-16-10-12(15-11(16)14)3-2-4-18(12)9(19)8-5-7(13)6-17(8)10/h6,8,10H,2-5H2,1H3,(H2,14,15)/t8?,10-,12-/m1/s1. The van der Waals surface area contributed by atoms with Crippen LogP contribution in [0.1, 0.15) is 19.3 Å². The van der Waals surface area contributed by atoms with Crippen molar-refractivity contribution in [3.05, 3.63) is 10.7 Å². The number of nitrogens with two attached hydrogens (primary N) is 1. The van der Waals surface area contributed by atoms with Crippen LogP contribution in [0.5, 0.6) is 0 Å². The summed E-state index contributed by atoms with van der Waals surface area (Å²) in [5.74, 6) is 0.716. The van der Waals surface area contributed by atoms with Gasteiger partial charge in [0.15, 0.2) is 11.6 Å². The summed E-state index contributed by atoms with van der Waals surface area (Å²) in [5.41, 5.74) is 5.56. The predicted molar refractivity (Wildman–Crippen MR) is 74.1 cm³/mol. The molecule has 0 bridgehead atoms. The molecule has 2 saturated heterocycles. The van der Waals surface area contributed by atoms with Crippen molar-refractivity contribution in [1.82, 2.24) is 14.7 Å². The summed E-state index contributed by atoms with van der Waals surface area (Å²) < 4.78 is 1.07. The van der Waals surface area contributed by atoms with Gasteiger partial charge in [-0.1, -0.05) is 15.9 Å². The maximum absolute atomic E-state index is 12.7. The summed E-state index contributed by atoms with van der Waals surface area (Å²) in [6.45, 7) is 0.794. The average Bonchev–Trinajstić information content (AvgIpc) is 2.98. The Kier molecular flexibility index (Phi) is 2.10. The highest BCUT2D eigenvalue weighted by Crippen LogP contribution is 2.48. The monoisotopic (exact) mass is 325 g/mol. The number of aliphatic imine (C=N–C) groups is 1. The molecule has 0 aromatic heterocycles. The second kappa shape index (κ2) is 3.45. The Labute approximate surface area is 120 Å². The molecular weight excluding hydrogens is 310 g/mol. The molecule has 7 heteroatoms. The second-order valence-corrected chi connectivity index (χ2v) is 6.69. The van der Waals surface area contributed by atoms with Crippen molar-refractivity contribution in [1.29, 1.82) is 0 Å². The van der Waals surface area contributed by atoms with E-state index in [0.717, 1.165) is 30.3 Å². The third-order valence-corrected chi connectivity index (χ3v) is 5.24. The molecule has 2 fully saturated rings. The molecule has 3 atom stereocenters. The van der Waals surface area contributed by atoms with Crippen LogP contribution in [0.4, 0.5) is 0 Å².